The molecule has 0 saturated carbocycles. The first-order valence-electron chi connectivity index (χ1n) is 7.31. The summed E-state index contributed by atoms with van der Waals surface area (Å²) in [5, 5.41) is 0. The highest BCUT2D eigenvalue weighted by Crippen LogP contribution is 2.12. The average Bonchev–Trinajstić information content (AvgIpc) is 2.44. The van der Waals surface area contributed by atoms with Gasteiger partial charge in [0.15, 0.2) is 6.10 Å². The molecule has 0 aromatic heterocycles. The molecule has 1 amide bonds. The molecule has 0 aliphatic carbocycles. The van der Waals surface area contributed by atoms with E-state index in [2.05, 4.69) is 0 Å². The van der Waals surface area contributed by atoms with E-state index >= 15 is 0 Å². The van der Waals surface area contributed by atoms with E-state index in [1.807, 2.05) is 0 Å². The van der Waals surface area contributed by atoms with Crippen LogP contribution >= 0.6 is 0 Å². The van der Waals surface area contributed by atoms with Gasteiger partial charge in [-0.1, -0.05) is 30.3 Å². The molecule has 0 spiro atoms. The van der Waals surface area contributed by atoms with Crippen LogP contribution in [-0.2, 0) is 14.3 Å². The van der Waals surface area contributed by atoms with Crippen molar-refractivity contribution in [2.45, 2.75) is 39.4 Å². The van der Waals surface area contributed by atoms with Gasteiger partial charge in [0.05, 0.1) is 6.54 Å². The second-order valence-corrected chi connectivity index (χ2v) is 6.19. The number of likely N-dealkylation sites (N-methyl/N-ethyl adjacent to an activating group) is 1. The Labute approximate surface area is 136 Å². The summed E-state index contributed by atoms with van der Waals surface area (Å²) in [6, 6.07) is 8.48. The molecule has 0 saturated heterocycles. The fourth-order valence-electron chi connectivity index (χ4n) is 1.83. The van der Waals surface area contributed by atoms with Gasteiger partial charge in [0.25, 0.3) is 0 Å². The van der Waals surface area contributed by atoms with Crippen LogP contribution in [0.5, 0.6) is 0 Å². The summed E-state index contributed by atoms with van der Waals surface area (Å²) in [6.45, 7) is 6.38. The van der Waals surface area contributed by atoms with Crippen LogP contribution in [0.1, 0.15) is 38.1 Å². The summed E-state index contributed by atoms with van der Waals surface area (Å²) < 4.78 is 10.3. The molecule has 0 radical (unpaired) electrons. The van der Waals surface area contributed by atoms with E-state index in [0.717, 1.165) is 0 Å². The zero-order chi connectivity index (χ0) is 17.6. The maximum atomic E-state index is 12.5. The predicted molar refractivity (Wildman–Crippen MR) is 85.2 cm³/mol. The quantitative estimate of drug-likeness (QED) is 0.616. The third kappa shape index (κ3) is 6.50. The molecule has 1 unspecified atom stereocenters. The second kappa shape index (κ2) is 7.76. The standard InChI is InChI=1S/C17H23NO5/c1-12(19)22-14(15(20)13-9-7-6-8-10-13)11-18(5)16(21)23-17(2,3)4/h6-10,14H,11H2,1-5H3. The molecule has 1 aromatic rings. The first-order valence-corrected chi connectivity index (χ1v) is 7.31. The summed E-state index contributed by atoms with van der Waals surface area (Å²) in [6.07, 6.45) is -1.66. The van der Waals surface area contributed by atoms with Gasteiger partial charge in [0, 0.05) is 19.5 Å². The van der Waals surface area contributed by atoms with Crippen molar-refractivity contribution in [3.05, 3.63) is 35.9 Å². The maximum absolute atomic E-state index is 12.5. The fourth-order valence-corrected chi connectivity index (χ4v) is 1.83. The summed E-state index contributed by atoms with van der Waals surface area (Å²) >= 11 is 0. The van der Waals surface area contributed by atoms with Crippen molar-refractivity contribution >= 4 is 17.8 Å². The minimum Gasteiger partial charge on any atom is -0.452 e. The number of ether oxygens (including phenoxy) is 2. The molecule has 6 heteroatoms. The molecule has 0 fully saturated rings. The van der Waals surface area contributed by atoms with E-state index in [1.165, 1.54) is 18.9 Å². The third-order valence-corrected chi connectivity index (χ3v) is 2.80. The zero-order valence-corrected chi connectivity index (χ0v) is 14.2. The summed E-state index contributed by atoms with van der Waals surface area (Å²) in [5.41, 5.74) is -0.234. The Morgan fingerprint density at radius 2 is 1.70 bits per heavy atom. The Bertz CT molecular complexity index is 562. The molecule has 6 nitrogen and oxygen atoms in total. The minimum atomic E-state index is -1.08. The van der Waals surface area contributed by atoms with E-state index in [1.54, 1.807) is 51.1 Å². The number of hydrogen-bond donors (Lipinski definition) is 0. The molecule has 0 heterocycles. The predicted octanol–water partition coefficient (Wildman–Crippen LogP) is 2.67. The Morgan fingerprint density at radius 3 is 2.17 bits per heavy atom. The van der Waals surface area contributed by atoms with Crippen LogP contribution in [0.4, 0.5) is 4.79 Å². The number of hydrogen-bond acceptors (Lipinski definition) is 5. The number of carbonyl (C=O) groups excluding carboxylic acids is 3. The highest BCUT2D eigenvalue weighted by molar-refractivity contribution is 6.00. The molecule has 0 aliphatic rings. The first kappa shape index (κ1) is 18.7. The van der Waals surface area contributed by atoms with Crippen LogP contribution in [0.15, 0.2) is 30.3 Å². The number of amides is 1. The number of esters is 1. The highest BCUT2D eigenvalue weighted by Gasteiger charge is 2.28. The lowest BCUT2D eigenvalue weighted by molar-refractivity contribution is -0.144. The van der Waals surface area contributed by atoms with Gasteiger partial charge in [0.2, 0.25) is 5.78 Å². The minimum absolute atomic E-state index is 0.0811. The topological polar surface area (TPSA) is 72.9 Å². The molecule has 0 N–H and O–H groups in total. The Balaban J connectivity index is 2.84. The van der Waals surface area contributed by atoms with Gasteiger partial charge in [-0.3, -0.25) is 9.59 Å². The van der Waals surface area contributed by atoms with Gasteiger partial charge in [-0.25, -0.2) is 4.79 Å². The molecule has 126 valence electrons. The van der Waals surface area contributed by atoms with Gasteiger partial charge >= 0.3 is 12.1 Å². The lowest BCUT2D eigenvalue weighted by atomic mass is 10.1. The van der Waals surface area contributed by atoms with Crippen LogP contribution in [0.25, 0.3) is 0 Å². The summed E-state index contributed by atoms with van der Waals surface area (Å²) in [7, 11) is 1.49. The highest BCUT2D eigenvalue weighted by atomic mass is 16.6. The van der Waals surface area contributed by atoms with E-state index in [0.29, 0.717) is 5.56 Å². The third-order valence-electron chi connectivity index (χ3n) is 2.80. The van der Waals surface area contributed by atoms with Crippen LogP contribution in [0, 0.1) is 0 Å². The molecule has 1 aromatic carbocycles. The SMILES string of the molecule is CC(=O)OC(CN(C)C(=O)OC(C)(C)C)C(=O)c1ccccc1. The number of ketones is 1. The normalized spacial score (nSPS) is 12.2. The van der Waals surface area contributed by atoms with Crippen molar-refractivity contribution in [1.82, 2.24) is 4.90 Å². The van der Waals surface area contributed by atoms with Crippen molar-refractivity contribution in [2.75, 3.05) is 13.6 Å². The lowest BCUT2D eigenvalue weighted by Crippen LogP contribution is -2.42. The lowest BCUT2D eigenvalue weighted by Gasteiger charge is -2.27. The molecular formula is C17H23NO5. The monoisotopic (exact) mass is 321 g/mol. The maximum Gasteiger partial charge on any atom is 0.410 e. The van der Waals surface area contributed by atoms with Crippen molar-refractivity contribution in [3.8, 4) is 0 Å². The number of carbonyl (C=O) groups is 3. The van der Waals surface area contributed by atoms with E-state index in [9.17, 15) is 14.4 Å². The van der Waals surface area contributed by atoms with Gasteiger partial charge in [-0.2, -0.15) is 0 Å². The molecular weight excluding hydrogens is 298 g/mol. The Kier molecular flexibility index (Phi) is 6.30. The van der Waals surface area contributed by atoms with Gasteiger partial charge < -0.3 is 14.4 Å². The van der Waals surface area contributed by atoms with E-state index < -0.39 is 23.8 Å². The summed E-state index contributed by atoms with van der Waals surface area (Å²) in [4.78, 5) is 36.9. The van der Waals surface area contributed by atoms with Crippen LogP contribution in [0.3, 0.4) is 0 Å². The van der Waals surface area contributed by atoms with E-state index in [-0.39, 0.29) is 12.3 Å². The second-order valence-electron chi connectivity index (χ2n) is 6.19. The molecule has 0 aliphatic heterocycles. The van der Waals surface area contributed by atoms with Gasteiger partial charge in [-0.05, 0) is 20.8 Å². The van der Waals surface area contributed by atoms with Crippen LogP contribution < -0.4 is 0 Å². The van der Waals surface area contributed by atoms with Crippen LogP contribution in [-0.4, -0.2) is 48.0 Å². The smallest absolute Gasteiger partial charge is 0.410 e. The number of benzene rings is 1. The summed E-state index contributed by atoms with van der Waals surface area (Å²) in [5.74, 6) is -0.951. The Hall–Kier alpha value is -2.37. The molecule has 1 rings (SSSR count). The number of nitrogens with zero attached hydrogens (tertiary/aromatic N) is 1. The van der Waals surface area contributed by atoms with Crippen LogP contribution in [0.2, 0.25) is 0 Å². The molecule has 0 bridgehead atoms. The molecule has 1 atom stereocenters. The molecule has 23 heavy (non-hydrogen) atoms. The van der Waals surface area contributed by atoms with Crippen molar-refractivity contribution in [1.29, 1.82) is 0 Å². The first-order chi connectivity index (χ1) is 10.6. The fraction of sp³-hybridized carbons (Fsp3) is 0.471. The Morgan fingerprint density at radius 1 is 1.13 bits per heavy atom. The van der Waals surface area contributed by atoms with E-state index in [4.69, 9.17) is 9.47 Å². The average molecular weight is 321 g/mol. The number of Topliss-reactive ketones (excluding diaryl/α,β-unsaturated/α-hetero) is 1. The van der Waals surface area contributed by atoms with Gasteiger partial charge in [0.1, 0.15) is 5.60 Å². The van der Waals surface area contributed by atoms with Crippen molar-refractivity contribution in [3.63, 3.8) is 0 Å². The van der Waals surface area contributed by atoms with Crippen molar-refractivity contribution < 1.29 is 23.9 Å². The van der Waals surface area contributed by atoms with Crippen molar-refractivity contribution in [2.24, 2.45) is 0 Å². The largest absolute Gasteiger partial charge is 0.452 e. The number of rotatable bonds is 5. The van der Waals surface area contributed by atoms with Gasteiger partial charge in [-0.15, -0.1) is 0 Å². The zero-order valence-electron chi connectivity index (χ0n) is 14.2.